The van der Waals surface area contributed by atoms with Crippen LogP contribution >= 0.6 is 0 Å². The lowest BCUT2D eigenvalue weighted by Gasteiger charge is -2.10. The van der Waals surface area contributed by atoms with Crippen molar-refractivity contribution in [1.29, 1.82) is 0 Å². The van der Waals surface area contributed by atoms with E-state index < -0.39 is 12.1 Å². The molecule has 0 saturated carbocycles. The largest absolute Gasteiger partial charge is 0.467 e. The molecule has 0 aliphatic carbocycles. The number of ether oxygens (including phenoxy) is 2. The second-order valence-electron chi connectivity index (χ2n) is 5.38. The number of methoxy groups -OCH3 is 1. The van der Waals surface area contributed by atoms with Crippen LogP contribution in [0.15, 0.2) is 53.1 Å². The SMILES string of the molecule is COc1nc(-c2ccco2)c2c(n1)C(Cc1ccccc1)OC2=O. The summed E-state index contributed by atoms with van der Waals surface area (Å²) in [5, 5.41) is 0. The predicted octanol–water partition coefficient (Wildman–Crippen LogP) is 3.20. The Morgan fingerprint density at radius 2 is 1.96 bits per heavy atom. The zero-order valence-corrected chi connectivity index (χ0v) is 12.9. The number of rotatable bonds is 4. The fraction of sp³-hybridized carbons (Fsp3) is 0.167. The van der Waals surface area contributed by atoms with Gasteiger partial charge in [0.05, 0.1) is 13.4 Å². The highest BCUT2D eigenvalue weighted by Crippen LogP contribution is 2.38. The standard InChI is InChI=1S/C18H14N2O4/c1-22-18-19-15(12-8-5-9-23-12)14-16(20-18)13(24-17(14)21)10-11-6-3-2-4-7-11/h2-9,13H,10H2,1H3. The van der Waals surface area contributed by atoms with Gasteiger partial charge in [0.2, 0.25) is 0 Å². The van der Waals surface area contributed by atoms with E-state index in [2.05, 4.69) is 9.97 Å². The highest BCUT2D eigenvalue weighted by molar-refractivity contribution is 5.99. The van der Waals surface area contributed by atoms with Gasteiger partial charge in [-0.25, -0.2) is 4.79 Å². The second kappa shape index (κ2) is 5.81. The van der Waals surface area contributed by atoms with E-state index >= 15 is 0 Å². The van der Waals surface area contributed by atoms with E-state index in [1.807, 2.05) is 30.3 Å². The number of carbonyl (C=O) groups is 1. The van der Waals surface area contributed by atoms with Crippen LogP contribution < -0.4 is 4.74 Å². The van der Waals surface area contributed by atoms with E-state index in [0.29, 0.717) is 29.1 Å². The third kappa shape index (κ3) is 2.42. The number of furan rings is 1. The molecule has 6 heteroatoms. The Morgan fingerprint density at radius 1 is 1.12 bits per heavy atom. The van der Waals surface area contributed by atoms with E-state index in [1.54, 1.807) is 12.1 Å². The molecule has 3 heterocycles. The number of esters is 1. The van der Waals surface area contributed by atoms with Crippen LogP contribution in [-0.2, 0) is 11.2 Å². The maximum Gasteiger partial charge on any atom is 0.343 e. The molecule has 1 atom stereocenters. The zero-order valence-electron chi connectivity index (χ0n) is 12.9. The number of cyclic esters (lactones) is 1. The average molecular weight is 322 g/mol. The minimum atomic E-state index is -0.472. The molecular weight excluding hydrogens is 308 g/mol. The van der Waals surface area contributed by atoms with Gasteiger partial charge in [-0.1, -0.05) is 30.3 Å². The quantitative estimate of drug-likeness (QED) is 0.687. The van der Waals surface area contributed by atoms with Crippen molar-refractivity contribution in [3.63, 3.8) is 0 Å². The predicted molar refractivity (Wildman–Crippen MR) is 84.6 cm³/mol. The van der Waals surface area contributed by atoms with Crippen LogP contribution in [0, 0.1) is 0 Å². The van der Waals surface area contributed by atoms with Gasteiger partial charge in [0.25, 0.3) is 0 Å². The van der Waals surface area contributed by atoms with Gasteiger partial charge in [-0.15, -0.1) is 0 Å². The van der Waals surface area contributed by atoms with Gasteiger partial charge in [0.1, 0.15) is 23.1 Å². The van der Waals surface area contributed by atoms with Crippen molar-refractivity contribution >= 4 is 5.97 Å². The third-order valence-electron chi connectivity index (χ3n) is 3.88. The molecule has 0 fully saturated rings. The molecule has 2 aromatic heterocycles. The Morgan fingerprint density at radius 3 is 2.67 bits per heavy atom. The summed E-state index contributed by atoms with van der Waals surface area (Å²) >= 11 is 0. The van der Waals surface area contributed by atoms with Crippen LogP contribution in [0.5, 0.6) is 6.01 Å². The molecule has 3 aromatic rings. The fourth-order valence-electron chi connectivity index (χ4n) is 2.78. The summed E-state index contributed by atoms with van der Waals surface area (Å²) in [7, 11) is 1.48. The number of hydrogen-bond donors (Lipinski definition) is 0. The number of aromatic nitrogens is 2. The van der Waals surface area contributed by atoms with Gasteiger partial charge in [-0.05, 0) is 17.7 Å². The molecule has 1 unspecified atom stereocenters. The molecule has 24 heavy (non-hydrogen) atoms. The highest BCUT2D eigenvalue weighted by atomic mass is 16.6. The molecule has 120 valence electrons. The molecular formula is C18H14N2O4. The number of hydrogen-bond acceptors (Lipinski definition) is 6. The smallest absolute Gasteiger partial charge is 0.343 e. The summed E-state index contributed by atoms with van der Waals surface area (Å²) in [5.41, 5.74) is 2.32. The normalized spacial score (nSPS) is 15.9. The Balaban J connectivity index is 1.81. The zero-order chi connectivity index (χ0) is 16.5. The average Bonchev–Trinajstić information content (AvgIpc) is 3.24. The van der Waals surface area contributed by atoms with Gasteiger partial charge < -0.3 is 13.9 Å². The first-order valence-electron chi connectivity index (χ1n) is 7.51. The van der Waals surface area contributed by atoms with Crippen LogP contribution in [0.1, 0.15) is 27.7 Å². The first kappa shape index (κ1) is 14.4. The molecule has 4 rings (SSSR count). The monoisotopic (exact) mass is 322 g/mol. The molecule has 1 aromatic carbocycles. The lowest BCUT2D eigenvalue weighted by molar-refractivity contribution is 0.0382. The number of carbonyl (C=O) groups excluding carboxylic acids is 1. The van der Waals surface area contributed by atoms with Gasteiger partial charge in [-0.2, -0.15) is 9.97 Å². The van der Waals surface area contributed by atoms with E-state index in [9.17, 15) is 4.79 Å². The van der Waals surface area contributed by atoms with E-state index in [0.717, 1.165) is 5.56 Å². The maximum absolute atomic E-state index is 12.4. The topological polar surface area (TPSA) is 74.5 Å². The van der Waals surface area contributed by atoms with Crippen LogP contribution in [0.2, 0.25) is 0 Å². The lowest BCUT2D eigenvalue weighted by Crippen LogP contribution is -2.06. The molecule has 0 saturated heterocycles. The van der Waals surface area contributed by atoms with Gasteiger partial charge in [0.15, 0.2) is 5.76 Å². The molecule has 0 spiro atoms. The van der Waals surface area contributed by atoms with Crippen LogP contribution in [-0.4, -0.2) is 23.0 Å². The van der Waals surface area contributed by atoms with Crippen molar-refractivity contribution in [3.05, 3.63) is 65.5 Å². The molecule has 0 radical (unpaired) electrons. The van der Waals surface area contributed by atoms with Crippen molar-refractivity contribution in [2.45, 2.75) is 12.5 Å². The molecule has 1 aliphatic rings. The molecule has 6 nitrogen and oxygen atoms in total. The van der Waals surface area contributed by atoms with Crippen LogP contribution in [0.4, 0.5) is 0 Å². The van der Waals surface area contributed by atoms with Gasteiger partial charge >= 0.3 is 12.0 Å². The number of fused-ring (bicyclic) bond motifs is 1. The summed E-state index contributed by atoms with van der Waals surface area (Å²) in [6.07, 6.45) is 1.59. The Hall–Kier alpha value is -3.15. The Bertz CT molecular complexity index is 876. The summed E-state index contributed by atoms with van der Waals surface area (Å²) in [6, 6.07) is 13.5. The first-order valence-corrected chi connectivity index (χ1v) is 7.51. The van der Waals surface area contributed by atoms with E-state index in [4.69, 9.17) is 13.9 Å². The molecule has 0 bridgehead atoms. The maximum atomic E-state index is 12.4. The summed E-state index contributed by atoms with van der Waals surface area (Å²) in [5.74, 6) is 0.0317. The number of benzene rings is 1. The van der Waals surface area contributed by atoms with Crippen LogP contribution in [0.3, 0.4) is 0 Å². The minimum absolute atomic E-state index is 0.177. The van der Waals surface area contributed by atoms with Gasteiger partial charge in [-0.3, -0.25) is 0 Å². The van der Waals surface area contributed by atoms with Crippen LogP contribution in [0.25, 0.3) is 11.5 Å². The third-order valence-corrected chi connectivity index (χ3v) is 3.88. The fourth-order valence-corrected chi connectivity index (χ4v) is 2.78. The van der Waals surface area contributed by atoms with Crippen molar-refractivity contribution in [1.82, 2.24) is 9.97 Å². The summed E-state index contributed by atoms with van der Waals surface area (Å²) in [4.78, 5) is 21.0. The summed E-state index contributed by atoms with van der Waals surface area (Å²) < 4.78 is 16.1. The first-order chi connectivity index (χ1) is 11.8. The van der Waals surface area contributed by atoms with Crippen molar-refractivity contribution in [2.75, 3.05) is 7.11 Å². The molecule has 0 amide bonds. The van der Waals surface area contributed by atoms with Gasteiger partial charge in [0, 0.05) is 6.42 Å². The van der Waals surface area contributed by atoms with Crippen molar-refractivity contribution in [3.8, 4) is 17.5 Å². The number of nitrogens with zero attached hydrogens (tertiary/aromatic N) is 2. The Labute approximate surface area is 138 Å². The molecule has 1 aliphatic heterocycles. The lowest BCUT2D eigenvalue weighted by atomic mass is 10.0. The highest BCUT2D eigenvalue weighted by Gasteiger charge is 2.37. The van der Waals surface area contributed by atoms with Crippen molar-refractivity contribution in [2.24, 2.45) is 0 Å². The molecule has 0 N–H and O–H groups in total. The van der Waals surface area contributed by atoms with E-state index in [1.165, 1.54) is 13.4 Å². The summed E-state index contributed by atoms with van der Waals surface area (Å²) in [6.45, 7) is 0. The second-order valence-corrected chi connectivity index (χ2v) is 5.38. The van der Waals surface area contributed by atoms with Crippen molar-refractivity contribution < 1.29 is 18.7 Å². The minimum Gasteiger partial charge on any atom is -0.467 e. The van der Waals surface area contributed by atoms with E-state index in [-0.39, 0.29) is 6.01 Å². The Kier molecular flexibility index (Phi) is 3.49.